The highest BCUT2D eigenvalue weighted by molar-refractivity contribution is 6.53. The maximum atomic E-state index is 9.99. The summed E-state index contributed by atoms with van der Waals surface area (Å²) in [4.78, 5) is 9.66. The average Bonchev–Trinajstić information content (AvgIpc) is 3.29. The van der Waals surface area contributed by atoms with Crippen molar-refractivity contribution in [2.75, 3.05) is 0 Å². The second kappa shape index (κ2) is 16.0. The third kappa shape index (κ3) is 7.58. The molecule has 0 unspecified atom stereocenters. The van der Waals surface area contributed by atoms with E-state index in [1.165, 1.54) is 0 Å². The van der Waals surface area contributed by atoms with Gasteiger partial charge in [-0.2, -0.15) is 5.26 Å². The van der Waals surface area contributed by atoms with Crippen LogP contribution >= 0.6 is 0 Å². The van der Waals surface area contributed by atoms with Gasteiger partial charge in [0, 0.05) is 33.4 Å². The average molecular weight is 720 g/mol. The maximum absolute atomic E-state index is 9.99. The third-order valence-electron chi connectivity index (χ3n) is 9.38. The molecule has 0 amide bonds. The summed E-state index contributed by atoms with van der Waals surface area (Å²) in [6.07, 6.45) is 0. The SMILES string of the molecule is N#Cc1cc(-c2ccc(C(=N)N=C(C(=N)c3ccccc3)c3ccccc3)cc2)cc(-c2ccc(-c3nnc(-c4ccccc4)c(-c4ccccc4)n3)cc2)c1. The van der Waals surface area contributed by atoms with Gasteiger partial charge in [0.1, 0.15) is 11.4 Å². The Hall–Kier alpha value is -7.95. The van der Waals surface area contributed by atoms with Gasteiger partial charge in [-0.1, -0.05) is 170 Å². The molecule has 0 aliphatic heterocycles. The number of nitriles is 1. The number of hydrogen-bond donors (Lipinski definition) is 2. The van der Waals surface area contributed by atoms with E-state index in [2.05, 4.69) is 27.3 Å². The number of benzene rings is 7. The summed E-state index contributed by atoms with van der Waals surface area (Å²) in [6.45, 7) is 0. The third-order valence-corrected chi connectivity index (χ3v) is 9.38. The minimum absolute atomic E-state index is 0.0485. The van der Waals surface area contributed by atoms with Crippen LogP contribution in [0.25, 0.3) is 56.2 Å². The lowest BCUT2D eigenvalue weighted by Gasteiger charge is -2.11. The molecule has 0 atom stereocenters. The van der Waals surface area contributed by atoms with Crippen molar-refractivity contribution in [2.24, 2.45) is 4.99 Å². The van der Waals surface area contributed by atoms with E-state index in [0.29, 0.717) is 22.7 Å². The predicted octanol–water partition coefficient (Wildman–Crippen LogP) is 11.0. The molecule has 0 fully saturated rings. The minimum atomic E-state index is 0.0485. The number of amidine groups is 1. The highest BCUT2D eigenvalue weighted by atomic mass is 15.2. The molecule has 56 heavy (non-hydrogen) atoms. The first-order chi connectivity index (χ1) is 27.5. The van der Waals surface area contributed by atoms with Crippen molar-refractivity contribution in [3.05, 3.63) is 210 Å². The summed E-state index contributed by atoms with van der Waals surface area (Å²) in [5, 5.41) is 37.0. The lowest BCUT2D eigenvalue weighted by Crippen LogP contribution is -2.18. The number of nitrogens with zero attached hydrogens (tertiary/aromatic N) is 5. The van der Waals surface area contributed by atoms with Crippen LogP contribution in [0.4, 0.5) is 0 Å². The molecule has 264 valence electrons. The Bertz CT molecular complexity index is 2740. The fraction of sp³-hybridized carbons (Fsp3) is 0. The molecule has 0 aliphatic carbocycles. The lowest BCUT2D eigenvalue weighted by atomic mass is 9.95. The molecule has 0 aliphatic rings. The van der Waals surface area contributed by atoms with Crippen molar-refractivity contribution in [3.8, 4) is 62.2 Å². The van der Waals surface area contributed by atoms with Crippen molar-refractivity contribution in [3.63, 3.8) is 0 Å². The van der Waals surface area contributed by atoms with E-state index >= 15 is 0 Å². The monoisotopic (exact) mass is 719 g/mol. The van der Waals surface area contributed by atoms with Crippen LogP contribution in [0.3, 0.4) is 0 Å². The van der Waals surface area contributed by atoms with Gasteiger partial charge in [0.25, 0.3) is 0 Å². The molecule has 7 aromatic carbocycles. The van der Waals surface area contributed by atoms with E-state index in [1.807, 2.05) is 182 Å². The zero-order chi connectivity index (χ0) is 38.3. The largest absolute Gasteiger partial charge is 0.298 e. The Labute approximate surface area is 325 Å². The van der Waals surface area contributed by atoms with Crippen molar-refractivity contribution in [1.82, 2.24) is 15.2 Å². The van der Waals surface area contributed by atoms with Crippen LogP contribution in [0.2, 0.25) is 0 Å². The van der Waals surface area contributed by atoms with Crippen molar-refractivity contribution in [2.45, 2.75) is 0 Å². The second-order valence-electron chi connectivity index (χ2n) is 13.0. The Morgan fingerprint density at radius 2 is 0.929 bits per heavy atom. The fourth-order valence-corrected chi connectivity index (χ4v) is 6.47. The summed E-state index contributed by atoms with van der Waals surface area (Å²) in [5.41, 5.74) is 11.1. The van der Waals surface area contributed by atoms with Crippen LogP contribution in [0.5, 0.6) is 0 Å². The van der Waals surface area contributed by atoms with Gasteiger partial charge in [-0.15, -0.1) is 10.2 Å². The fourth-order valence-electron chi connectivity index (χ4n) is 6.47. The topological polar surface area (TPSA) is 123 Å². The Morgan fingerprint density at radius 3 is 1.48 bits per heavy atom. The highest BCUT2D eigenvalue weighted by Crippen LogP contribution is 2.32. The molecule has 7 heteroatoms. The number of hydrogen-bond acceptors (Lipinski definition) is 6. The van der Waals surface area contributed by atoms with E-state index in [4.69, 9.17) is 15.8 Å². The summed E-state index contributed by atoms with van der Waals surface area (Å²) < 4.78 is 0. The van der Waals surface area contributed by atoms with Crippen LogP contribution in [-0.2, 0) is 0 Å². The van der Waals surface area contributed by atoms with Gasteiger partial charge in [-0.05, 0) is 40.5 Å². The zero-order valence-electron chi connectivity index (χ0n) is 30.1. The predicted molar refractivity (Wildman–Crippen MR) is 225 cm³/mol. The van der Waals surface area contributed by atoms with Gasteiger partial charge in [-0.25, -0.2) is 9.98 Å². The molecule has 0 radical (unpaired) electrons. The van der Waals surface area contributed by atoms with E-state index in [1.54, 1.807) is 0 Å². The Kier molecular flexibility index (Phi) is 10.0. The quantitative estimate of drug-likeness (QED) is 0.114. The van der Waals surface area contributed by atoms with Gasteiger partial charge in [-0.3, -0.25) is 10.8 Å². The molecule has 2 N–H and O–H groups in total. The van der Waals surface area contributed by atoms with Gasteiger partial charge >= 0.3 is 0 Å². The molecule has 0 saturated heterocycles. The summed E-state index contributed by atoms with van der Waals surface area (Å²) in [6, 6.07) is 62.5. The molecule has 8 aromatic rings. The highest BCUT2D eigenvalue weighted by Gasteiger charge is 2.16. The van der Waals surface area contributed by atoms with Crippen LogP contribution in [0.15, 0.2) is 193 Å². The van der Waals surface area contributed by atoms with Crippen LogP contribution in [0, 0.1) is 22.1 Å². The van der Waals surface area contributed by atoms with E-state index in [-0.39, 0.29) is 11.5 Å². The smallest absolute Gasteiger partial charge is 0.182 e. The number of aliphatic imine (C=N–C) groups is 1. The molecule has 1 heterocycles. The van der Waals surface area contributed by atoms with Crippen LogP contribution < -0.4 is 0 Å². The summed E-state index contributed by atoms with van der Waals surface area (Å²) in [5.74, 6) is 0.566. The first kappa shape index (κ1) is 35.1. The standard InChI is InChI=1S/C49H33N7/c50-32-33-29-42(34-21-25-40(26-22-34)48(52)53-45(37-15-7-2-8-16-37)44(51)36-13-5-1-6-14-36)31-43(30-33)35-23-27-41(28-24-35)49-54-46(38-17-9-3-10-18-38)47(55-56-49)39-19-11-4-12-20-39/h1-31,51-52H. The van der Waals surface area contributed by atoms with E-state index in [9.17, 15) is 5.26 Å². The van der Waals surface area contributed by atoms with Gasteiger partial charge < -0.3 is 0 Å². The second-order valence-corrected chi connectivity index (χ2v) is 13.0. The zero-order valence-corrected chi connectivity index (χ0v) is 30.1. The lowest BCUT2D eigenvalue weighted by molar-refractivity contribution is 0.991. The van der Waals surface area contributed by atoms with Gasteiger partial charge in [0.15, 0.2) is 11.7 Å². The van der Waals surface area contributed by atoms with E-state index in [0.717, 1.165) is 61.5 Å². The molecule has 0 spiro atoms. The number of rotatable bonds is 9. The molecular formula is C49H33N7. The summed E-state index contributed by atoms with van der Waals surface area (Å²) in [7, 11) is 0. The minimum Gasteiger partial charge on any atom is -0.298 e. The van der Waals surface area contributed by atoms with Gasteiger partial charge in [0.2, 0.25) is 0 Å². The number of aromatic nitrogens is 3. The molecule has 1 aromatic heterocycles. The van der Waals surface area contributed by atoms with Crippen molar-refractivity contribution in [1.29, 1.82) is 16.1 Å². The summed E-state index contributed by atoms with van der Waals surface area (Å²) >= 11 is 0. The normalized spacial score (nSPS) is 11.1. The maximum Gasteiger partial charge on any atom is 0.182 e. The first-order valence-corrected chi connectivity index (χ1v) is 18.0. The van der Waals surface area contributed by atoms with Gasteiger partial charge in [0.05, 0.1) is 23.1 Å². The first-order valence-electron chi connectivity index (χ1n) is 18.0. The Morgan fingerprint density at radius 1 is 0.446 bits per heavy atom. The van der Waals surface area contributed by atoms with E-state index < -0.39 is 0 Å². The molecule has 8 rings (SSSR count). The molecule has 7 nitrogen and oxygen atoms in total. The number of nitrogens with one attached hydrogen (secondary N) is 2. The Balaban J connectivity index is 1.07. The van der Waals surface area contributed by atoms with Crippen molar-refractivity contribution >= 4 is 17.3 Å². The van der Waals surface area contributed by atoms with Crippen LogP contribution in [0.1, 0.15) is 22.3 Å². The molecule has 0 bridgehead atoms. The van der Waals surface area contributed by atoms with Crippen molar-refractivity contribution < 1.29 is 0 Å². The molecular weight excluding hydrogens is 687 g/mol. The molecule has 0 saturated carbocycles. The van der Waals surface area contributed by atoms with Crippen LogP contribution in [-0.4, -0.2) is 32.4 Å².